The summed E-state index contributed by atoms with van der Waals surface area (Å²) in [6.07, 6.45) is 2.25. The largest absolute Gasteiger partial charge is 0.480 e. The van der Waals surface area contributed by atoms with Gasteiger partial charge in [-0.1, -0.05) is 19.9 Å². The third-order valence-electron chi connectivity index (χ3n) is 3.16. The second-order valence-corrected chi connectivity index (χ2v) is 4.25. The first-order chi connectivity index (χ1) is 8.97. The fraction of sp³-hybridized carbons (Fsp3) is 0.692. The van der Waals surface area contributed by atoms with E-state index in [0.29, 0.717) is 32.5 Å². The molecule has 0 aliphatic rings. The van der Waals surface area contributed by atoms with E-state index in [1.54, 1.807) is 27.0 Å². The Hall–Kier alpha value is -1.56. The molecule has 0 saturated carbocycles. The Morgan fingerprint density at radius 3 is 2.37 bits per heavy atom. The number of hydrogen-bond donors (Lipinski definition) is 2. The number of carbonyl (C=O) groups excluding carboxylic acids is 1. The maximum Gasteiger partial charge on any atom is 0.329 e. The highest BCUT2D eigenvalue weighted by Gasteiger charge is 2.37. The van der Waals surface area contributed by atoms with Crippen molar-refractivity contribution < 1.29 is 19.4 Å². The lowest BCUT2D eigenvalue weighted by Gasteiger charge is -2.31. The van der Waals surface area contributed by atoms with Crippen LogP contribution in [0.4, 0.5) is 4.79 Å². The van der Waals surface area contributed by atoms with Gasteiger partial charge in [0.05, 0.1) is 6.61 Å². The highest BCUT2D eigenvalue weighted by molar-refractivity contribution is 5.86. The Morgan fingerprint density at radius 2 is 2.00 bits per heavy atom. The van der Waals surface area contributed by atoms with Gasteiger partial charge in [-0.15, -0.1) is 6.58 Å². The van der Waals surface area contributed by atoms with Crippen LogP contribution < -0.4 is 5.32 Å². The number of nitrogens with zero attached hydrogens (tertiary/aromatic N) is 1. The summed E-state index contributed by atoms with van der Waals surface area (Å²) in [5.74, 6) is -1.02. The van der Waals surface area contributed by atoms with Crippen molar-refractivity contribution in [3.8, 4) is 0 Å². The fourth-order valence-electron chi connectivity index (χ4n) is 1.70. The van der Waals surface area contributed by atoms with Crippen molar-refractivity contribution in [3.63, 3.8) is 0 Å². The van der Waals surface area contributed by atoms with Gasteiger partial charge in [0.1, 0.15) is 5.54 Å². The number of hydrogen-bond acceptors (Lipinski definition) is 3. The Bertz CT molecular complexity index is 314. The second-order valence-electron chi connectivity index (χ2n) is 4.25. The lowest BCUT2D eigenvalue weighted by molar-refractivity contribution is -0.144. The van der Waals surface area contributed by atoms with Gasteiger partial charge < -0.3 is 20.1 Å². The van der Waals surface area contributed by atoms with Gasteiger partial charge in [0.25, 0.3) is 0 Å². The lowest BCUT2D eigenvalue weighted by Crippen LogP contribution is -2.57. The van der Waals surface area contributed by atoms with Crippen LogP contribution in [-0.4, -0.2) is 54.4 Å². The van der Waals surface area contributed by atoms with Gasteiger partial charge in [-0.05, 0) is 12.8 Å². The van der Waals surface area contributed by atoms with E-state index in [2.05, 4.69) is 11.9 Å². The van der Waals surface area contributed by atoms with Crippen molar-refractivity contribution in [2.75, 3.05) is 26.8 Å². The molecule has 110 valence electrons. The zero-order valence-corrected chi connectivity index (χ0v) is 11.9. The second kappa shape index (κ2) is 8.53. The SMILES string of the molecule is C=CCN(CCOC)C(=O)NC(CC)(CC)C(=O)O. The van der Waals surface area contributed by atoms with Crippen molar-refractivity contribution >= 4 is 12.0 Å². The molecule has 0 radical (unpaired) electrons. The number of rotatable bonds is 9. The molecule has 0 spiro atoms. The van der Waals surface area contributed by atoms with E-state index in [-0.39, 0.29) is 0 Å². The molecular formula is C13H24N2O4. The Morgan fingerprint density at radius 1 is 1.42 bits per heavy atom. The van der Waals surface area contributed by atoms with Gasteiger partial charge in [-0.2, -0.15) is 0 Å². The molecule has 0 atom stereocenters. The molecular weight excluding hydrogens is 248 g/mol. The van der Waals surface area contributed by atoms with Gasteiger partial charge in [0.15, 0.2) is 0 Å². The molecule has 0 aromatic rings. The summed E-state index contributed by atoms with van der Waals surface area (Å²) in [4.78, 5) is 24.9. The minimum absolute atomic E-state index is 0.330. The molecule has 0 aliphatic heterocycles. The smallest absolute Gasteiger partial charge is 0.329 e. The van der Waals surface area contributed by atoms with Gasteiger partial charge in [0, 0.05) is 20.2 Å². The molecule has 19 heavy (non-hydrogen) atoms. The van der Waals surface area contributed by atoms with E-state index >= 15 is 0 Å². The van der Waals surface area contributed by atoms with Crippen LogP contribution >= 0.6 is 0 Å². The van der Waals surface area contributed by atoms with Crippen LogP contribution in [0.15, 0.2) is 12.7 Å². The van der Waals surface area contributed by atoms with E-state index in [1.165, 1.54) is 4.90 Å². The number of carbonyl (C=O) groups is 2. The van der Waals surface area contributed by atoms with Crippen LogP contribution in [-0.2, 0) is 9.53 Å². The maximum atomic E-state index is 12.1. The van der Waals surface area contributed by atoms with Gasteiger partial charge in [0.2, 0.25) is 0 Å². The molecule has 0 bridgehead atoms. The number of carboxylic acids is 1. The highest BCUT2D eigenvalue weighted by Crippen LogP contribution is 2.16. The fourth-order valence-corrected chi connectivity index (χ4v) is 1.70. The number of aliphatic carboxylic acids is 1. The first-order valence-corrected chi connectivity index (χ1v) is 6.37. The van der Waals surface area contributed by atoms with Crippen molar-refractivity contribution in [1.29, 1.82) is 0 Å². The van der Waals surface area contributed by atoms with E-state index in [9.17, 15) is 14.7 Å². The van der Waals surface area contributed by atoms with Crippen molar-refractivity contribution in [3.05, 3.63) is 12.7 Å². The topological polar surface area (TPSA) is 78.9 Å². The third-order valence-corrected chi connectivity index (χ3v) is 3.16. The number of urea groups is 1. The van der Waals surface area contributed by atoms with Crippen LogP contribution in [0.25, 0.3) is 0 Å². The maximum absolute atomic E-state index is 12.1. The third kappa shape index (κ3) is 4.90. The molecule has 0 heterocycles. The normalized spacial score (nSPS) is 10.9. The summed E-state index contributed by atoms with van der Waals surface area (Å²) in [5, 5.41) is 11.9. The Kier molecular flexibility index (Phi) is 7.83. The molecule has 2 N–H and O–H groups in total. The number of amides is 2. The van der Waals surface area contributed by atoms with Crippen molar-refractivity contribution in [2.24, 2.45) is 0 Å². The van der Waals surface area contributed by atoms with Crippen molar-refractivity contribution in [1.82, 2.24) is 10.2 Å². The predicted octanol–water partition coefficient (Wildman–Crippen LogP) is 1.47. The summed E-state index contributed by atoms with van der Waals surface area (Å²) in [6.45, 7) is 8.19. The Labute approximate surface area is 114 Å². The first kappa shape index (κ1) is 17.4. The van der Waals surface area contributed by atoms with Gasteiger partial charge in [-0.3, -0.25) is 0 Å². The van der Waals surface area contributed by atoms with Crippen LogP contribution in [0.3, 0.4) is 0 Å². The Balaban J connectivity index is 4.84. The van der Waals surface area contributed by atoms with E-state index in [4.69, 9.17) is 4.74 Å². The molecule has 0 fully saturated rings. The van der Waals surface area contributed by atoms with Gasteiger partial charge in [-0.25, -0.2) is 9.59 Å². The molecule has 2 amide bonds. The molecule has 0 unspecified atom stereocenters. The number of methoxy groups -OCH3 is 1. The highest BCUT2D eigenvalue weighted by atomic mass is 16.5. The zero-order valence-electron chi connectivity index (χ0n) is 11.9. The van der Waals surface area contributed by atoms with E-state index < -0.39 is 17.5 Å². The number of ether oxygens (including phenoxy) is 1. The monoisotopic (exact) mass is 272 g/mol. The van der Waals surface area contributed by atoms with Crippen molar-refractivity contribution in [2.45, 2.75) is 32.2 Å². The minimum Gasteiger partial charge on any atom is -0.480 e. The zero-order chi connectivity index (χ0) is 14.9. The van der Waals surface area contributed by atoms with E-state index in [1.807, 2.05) is 0 Å². The summed E-state index contributed by atoms with van der Waals surface area (Å²) in [7, 11) is 1.55. The predicted molar refractivity (Wildman–Crippen MR) is 73.1 cm³/mol. The lowest BCUT2D eigenvalue weighted by atomic mass is 9.93. The van der Waals surface area contributed by atoms with Crippen LogP contribution in [0.1, 0.15) is 26.7 Å². The van der Waals surface area contributed by atoms with Crippen LogP contribution in [0, 0.1) is 0 Å². The quantitative estimate of drug-likeness (QED) is 0.623. The van der Waals surface area contributed by atoms with Crippen LogP contribution in [0.5, 0.6) is 0 Å². The average Bonchev–Trinajstić information content (AvgIpc) is 2.40. The average molecular weight is 272 g/mol. The number of nitrogens with one attached hydrogen (secondary N) is 1. The summed E-state index contributed by atoms with van der Waals surface area (Å²) in [5.41, 5.74) is -1.22. The minimum atomic E-state index is -1.22. The summed E-state index contributed by atoms with van der Waals surface area (Å²) < 4.78 is 4.93. The molecule has 0 aromatic carbocycles. The standard InChI is InChI=1S/C13H24N2O4/c1-5-8-15(9-10-19-4)12(18)14-13(6-2,7-3)11(16)17/h5H,1,6-10H2,2-4H3,(H,14,18)(H,16,17). The first-order valence-electron chi connectivity index (χ1n) is 6.37. The summed E-state index contributed by atoms with van der Waals surface area (Å²) >= 11 is 0. The number of carboxylic acid groups (broad SMARTS) is 1. The molecule has 0 saturated heterocycles. The summed E-state index contributed by atoms with van der Waals surface area (Å²) in [6, 6.07) is -0.414. The van der Waals surface area contributed by atoms with E-state index in [0.717, 1.165) is 0 Å². The molecule has 0 aliphatic carbocycles. The van der Waals surface area contributed by atoms with Crippen LogP contribution in [0.2, 0.25) is 0 Å². The molecule has 0 rings (SSSR count). The molecule has 0 aromatic heterocycles. The van der Waals surface area contributed by atoms with Gasteiger partial charge >= 0.3 is 12.0 Å². The molecule has 6 heteroatoms. The molecule has 6 nitrogen and oxygen atoms in total.